The molecular formula is C15H14ClN5O2. The molecule has 1 aliphatic heterocycles. The van der Waals surface area contributed by atoms with Crippen molar-refractivity contribution < 1.29 is 9.53 Å². The monoisotopic (exact) mass is 331 g/mol. The molecule has 1 amide bonds. The van der Waals surface area contributed by atoms with Crippen LogP contribution in [-0.2, 0) is 0 Å². The van der Waals surface area contributed by atoms with Gasteiger partial charge in [0.2, 0.25) is 0 Å². The molecule has 3 rings (SSSR count). The number of halogens is 1. The van der Waals surface area contributed by atoms with Crippen LogP contribution in [-0.4, -0.2) is 29.7 Å². The summed E-state index contributed by atoms with van der Waals surface area (Å²) in [6.07, 6.45) is 1.49. The van der Waals surface area contributed by atoms with Crippen molar-refractivity contribution in [2.75, 3.05) is 7.11 Å². The van der Waals surface area contributed by atoms with Gasteiger partial charge in [-0.2, -0.15) is 5.10 Å². The van der Waals surface area contributed by atoms with Crippen LogP contribution in [0.1, 0.15) is 21.6 Å². The number of amidine groups is 2. The first-order valence-electron chi connectivity index (χ1n) is 6.51. The van der Waals surface area contributed by atoms with Crippen LogP contribution in [0.3, 0.4) is 0 Å². The zero-order valence-corrected chi connectivity index (χ0v) is 13.0. The maximum Gasteiger partial charge on any atom is 0.290 e. The van der Waals surface area contributed by atoms with Gasteiger partial charge in [-0.25, -0.2) is 10.4 Å². The molecule has 0 unspecified atom stereocenters. The van der Waals surface area contributed by atoms with Gasteiger partial charge in [-0.15, -0.1) is 12.4 Å². The zero-order valence-electron chi connectivity index (χ0n) is 12.2. The van der Waals surface area contributed by atoms with Crippen LogP contribution in [0, 0.1) is 0 Å². The molecule has 0 saturated carbocycles. The van der Waals surface area contributed by atoms with Crippen LogP contribution >= 0.6 is 12.4 Å². The molecule has 1 aliphatic rings. The van der Waals surface area contributed by atoms with E-state index in [0.717, 1.165) is 11.1 Å². The standard InChI is InChI=1S/C15H13N5O2.ClH/c1-22-9-6-7-17-12(8-9)15(21)20-19-14-11-5-3-2-4-10(11)13(16)18-14;/h2-8H,1H3,(H,20,21)(H2,16,18,19);1H. The van der Waals surface area contributed by atoms with E-state index in [9.17, 15) is 4.79 Å². The molecule has 0 atom stereocenters. The Labute approximate surface area is 138 Å². The highest BCUT2D eigenvalue weighted by atomic mass is 35.5. The highest BCUT2D eigenvalue weighted by Crippen LogP contribution is 2.17. The minimum absolute atomic E-state index is 0. The number of nitrogens with two attached hydrogens (primary N) is 1. The normalized spacial score (nSPS) is 13.8. The SMILES string of the molecule is COc1ccnc(C(=O)N/N=C2\N=C(N)c3ccccc32)c1.Cl. The minimum atomic E-state index is -0.454. The van der Waals surface area contributed by atoms with E-state index in [0.29, 0.717) is 17.4 Å². The van der Waals surface area contributed by atoms with Gasteiger partial charge in [-0.3, -0.25) is 9.78 Å². The summed E-state index contributed by atoms with van der Waals surface area (Å²) in [4.78, 5) is 20.2. The van der Waals surface area contributed by atoms with Crippen molar-refractivity contribution in [3.05, 3.63) is 59.4 Å². The summed E-state index contributed by atoms with van der Waals surface area (Å²) in [5, 5.41) is 4.02. The van der Waals surface area contributed by atoms with E-state index >= 15 is 0 Å². The molecule has 118 valence electrons. The number of aromatic nitrogens is 1. The smallest absolute Gasteiger partial charge is 0.290 e. The lowest BCUT2D eigenvalue weighted by molar-refractivity contribution is 0.0949. The van der Waals surface area contributed by atoms with Crippen LogP contribution in [0.25, 0.3) is 0 Å². The number of aliphatic imine (C=N–C) groups is 1. The lowest BCUT2D eigenvalue weighted by atomic mass is 10.1. The molecule has 23 heavy (non-hydrogen) atoms. The molecule has 8 heteroatoms. The summed E-state index contributed by atoms with van der Waals surface area (Å²) in [7, 11) is 1.52. The molecule has 7 nitrogen and oxygen atoms in total. The molecule has 0 fully saturated rings. The second kappa shape index (κ2) is 6.89. The van der Waals surface area contributed by atoms with E-state index in [-0.39, 0.29) is 18.1 Å². The van der Waals surface area contributed by atoms with Gasteiger partial charge in [0.05, 0.1) is 7.11 Å². The molecule has 0 spiro atoms. The fourth-order valence-corrected chi connectivity index (χ4v) is 2.04. The highest BCUT2D eigenvalue weighted by molar-refractivity contribution is 6.21. The Morgan fingerprint density at radius 3 is 2.74 bits per heavy atom. The maximum atomic E-state index is 12.0. The summed E-state index contributed by atoms with van der Waals surface area (Å²) >= 11 is 0. The van der Waals surface area contributed by atoms with Gasteiger partial charge in [0.1, 0.15) is 17.3 Å². The third-order valence-corrected chi connectivity index (χ3v) is 3.13. The third-order valence-electron chi connectivity index (χ3n) is 3.13. The lowest BCUT2D eigenvalue weighted by Gasteiger charge is -2.03. The number of hydrazone groups is 1. The number of ether oxygens (including phenoxy) is 1. The molecule has 1 aromatic carbocycles. The first-order chi connectivity index (χ1) is 10.7. The molecule has 0 aliphatic carbocycles. The van der Waals surface area contributed by atoms with Gasteiger partial charge in [-0.1, -0.05) is 24.3 Å². The van der Waals surface area contributed by atoms with E-state index in [1.165, 1.54) is 19.4 Å². The predicted molar refractivity (Wildman–Crippen MR) is 89.2 cm³/mol. The Kier molecular flexibility index (Phi) is 4.92. The number of nitrogens with zero attached hydrogens (tertiary/aromatic N) is 3. The van der Waals surface area contributed by atoms with E-state index in [2.05, 4.69) is 20.5 Å². The molecule has 0 bridgehead atoms. The Hall–Kier alpha value is -2.93. The first kappa shape index (κ1) is 16.4. The third kappa shape index (κ3) is 3.29. The molecule has 0 saturated heterocycles. The number of methoxy groups -OCH3 is 1. The number of pyridine rings is 1. The van der Waals surface area contributed by atoms with Gasteiger partial charge >= 0.3 is 0 Å². The second-order valence-corrected chi connectivity index (χ2v) is 4.50. The fraction of sp³-hybridized carbons (Fsp3) is 0.0667. The topological polar surface area (TPSA) is 102 Å². The summed E-state index contributed by atoms with van der Waals surface area (Å²) in [5.41, 5.74) is 10.0. The minimum Gasteiger partial charge on any atom is -0.497 e. The van der Waals surface area contributed by atoms with Crippen LogP contribution in [0.15, 0.2) is 52.7 Å². The van der Waals surface area contributed by atoms with E-state index < -0.39 is 5.91 Å². The van der Waals surface area contributed by atoms with E-state index in [1.54, 1.807) is 6.07 Å². The first-order valence-corrected chi connectivity index (χ1v) is 6.51. The average molecular weight is 332 g/mol. The number of hydrogen-bond acceptors (Lipinski definition) is 5. The number of amides is 1. The van der Waals surface area contributed by atoms with Gasteiger partial charge < -0.3 is 10.5 Å². The largest absolute Gasteiger partial charge is 0.497 e. The van der Waals surface area contributed by atoms with Crippen molar-refractivity contribution in [2.45, 2.75) is 0 Å². The quantitative estimate of drug-likeness (QED) is 0.828. The second-order valence-electron chi connectivity index (χ2n) is 4.50. The van der Waals surface area contributed by atoms with E-state index in [1.807, 2.05) is 24.3 Å². The lowest BCUT2D eigenvalue weighted by Crippen LogP contribution is -2.20. The van der Waals surface area contributed by atoms with Gasteiger partial charge in [0.25, 0.3) is 5.91 Å². The van der Waals surface area contributed by atoms with Gasteiger partial charge in [0, 0.05) is 23.4 Å². The van der Waals surface area contributed by atoms with Crippen molar-refractivity contribution in [1.82, 2.24) is 10.4 Å². The van der Waals surface area contributed by atoms with Crippen molar-refractivity contribution >= 4 is 30.0 Å². The molecule has 2 heterocycles. The molecule has 3 N–H and O–H groups in total. The number of hydrogen-bond donors (Lipinski definition) is 2. The number of fused-ring (bicyclic) bond motifs is 1. The van der Waals surface area contributed by atoms with Gasteiger partial charge in [-0.05, 0) is 6.07 Å². The number of nitrogens with one attached hydrogen (secondary N) is 1. The van der Waals surface area contributed by atoms with Crippen LogP contribution in [0.2, 0.25) is 0 Å². The van der Waals surface area contributed by atoms with Crippen LogP contribution in [0.4, 0.5) is 0 Å². The van der Waals surface area contributed by atoms with Crippen molar-refractivity contribution in [2.24, 2.45) is 15.8 Å². The Bertz CT molecular complexity index is 804. The summed E-state index contributed by atoms with van der Waals surface area (Å²) < 4.78 is 5.05. The highest BCUT2D eigenvalue weighted by Gasteiger charge is 2.19. The van der Waals surface area contributed by atoms with Crippen molar-refractivity contribution in [1.29, 1.82) is 0 Å². The number of carbonyl (C=O) groups excluding carboxylic acids is 1. The fourth-order valence-electron chi connectivity index (χ4n) is 2.04. The molecular weight excluding hydrogens is 318 g/mol. The number of benzene rings is 1. The molecule has 1 aromatic heterocycles. The summed E-state index contributed by atoms with van der Waals surface area (Å²) in [5.74, 6) is 0.832. The summed E-state index contributed by atoms with van der Waals surface area (Å²) in [6.45, 7) is 0. The van der Waals surface area contributed by atoms with E-state index in [4.69, 9.17) is 10.5 Å². The van der Waals surface area contributed by atoms with Gasteiger partial charge in [0.15, 0.2) is 5.84 Å². The summed E-state index contributed by atoms with van der Waals surface area (Å²) in [6, 6.07) is 10.6. The van der Waals surface area contributed by atoms with Crippen molar-refractivity contribution in [3.8, 4) is 5.75 Å². The Morgan fingerprint density at radius 1 is 1.26 bits per heavy atom. The number of carbonyl (C=O) groups is 1. The number of rotatable bonds is 3. The van der Waals surface area contributed by atoms with Crippen LogP contribution < -0.4 is 15.9 Å². The Morgan fingerprint density at radius 2 is 2.00 bits per heavy atom. The van der Waals surface area contributed by atoms with Crippen molar-refractivity contribution in [3.63, 3.8) is 0 Å². The average Bonchev–Trinajstić information content (AvgIpc) is 2.89. The zero-order chi connectivity index (χ0) is 15.5. The predicted octanol–water partition coefficient (Wildman–Crippen LogP) is 1.32. The maximum absolute atomic E-state index is 12.0. The Balaban J connectivity index is 0.00000192. The molecule has 2 aromatic rings. The van der Waals surface area contributed by atoms with Crippen LogP contribution in [0.5, 0.6) is 5.75 Å². The molecule has 0 radical (unpaired) electrons.